The maximum atomic E-state index is 13.1. The van der Waals surface area contributed by atoms with E-state index in [0.717, 1.165) is 88.1 Å². The van der Waals surface area contributed by atoms with Crippen LogP contribution in [0, 0.1) is 5.92 Å². The molecule has 2 aromatic rings. The Bertz CT molecular complexity index is 1050. The van der Waals surface area contributed by atoms with Crippen molar-refractivity contribution < 1.29 is 27.4 Å². The van der Waals surface area contributed by atoms with Crippen LogP contribution in [0.25, 0.3) is 0 Å². The van der Waals surface area contributed by atoms with E-state index in [1.54, 1.807) is 0 Å². The molecule has 182 valence electrons. The Morgan fingerprint density at radius 3 is 2.56 bits per heavy atom. The standard InChI is InChI=1S/C26H29F3N2O3/c27-26(28,29)17-5-6-21(30-14-17)24-19-15-31-20-4-2-1-3-18(20)23(19)25(34-24)9-12-33-22(13-25)16-7-10-32-11-8-16/h5-6,14-16,22,24H,1-4,7-13H2. The molecule has 0 saturated carbocycles. The van der Waals surface area contributed by atoms with E-state index >= 15 is 0 Å². The number of hydrogen-bond donors (Lipinski definition) is 0. The fourth-order valence-corrected chi connectivity index (χ4v) is 6.31. The molecule has 6 rings (SSSR count). The molecule has 4 aliphatic rings. The molecule has 1 aliphatic carbocycles. The van der Waals surface area contributed by atoms with Crippen molar-refractivity contribution >= 4 is 0 Å². The van der Waals surface area contributed by atoms with E-state index in [1.807, 2.05) is 6.20 Å². The quantitative estimate of drug-likeness (QED) is 0.592. The molecule has 1 spiro atoms. The molecule has 8 heteroatoms. The Kier molecular flexibility index (Phi) is 5.66. The van der Waals surface area contributed by atoms with Gasteiger partial charge in [0, 0.05) is 49.7 Å². The lowest BCUT2D eigenvalue weighted by atomic mass is 9.75. The Morgan fingerprint density at radius 2 is 1.79 bits per heavy atom. The number of ether oxygens (including phenoxy) is 3. The minimum atomic E-state index is -4.42. The number of halogens is 3. The van der Waals surface area contributed by atoms with Crippen LogP contribution in [-0.4, -0.2) is 35.9 Å². The minimum absolute atomic E-state index is 0.0808. The van der Waals surface area contributed by atoms with Crippen LogP contribution in [-0.2, 0) is 38.8 Å². The fourth-order valence-electron chi connectivity index (χ4n) is 6.31. The Balaban J connectivity index is 1.40. The van der Waals surface area contributed by atoms with E-state index in [9.17, 15) is 13.2 Å². The first-order valence-corrected chi connectivity index (χ1v) is 12.4. The summed E-state index contributed by atoms with van der Waals surface area (Å²) in [6.45, 7) is 2.12. The number of aromatic nitrogens is 2. The molecular weight excluding hydrogens is 445 g/mol. The van der Waals surface area contributed by atoms with Crippen LogP contribution in [0.3, 0.4) is 0 Å². The highest BCUT2D eigenvalue weighted by Crippen LogP contribution is 2.55. The average Bonchev–Trinajstić information content (AvgIpc) is 3.18. The summed E-state index contributed by atoms with van der Waals surface area (Å²) in [5, 5.41) is 0. The van der Waals surface area contributed by atoms with Crippen molar-refractivity contribution in [2.45, 2.75) is 75.4 Å². The van der Waals surface area contributed by atoms with Crippen molar-refractivity contribution in [3.8, 4) is 0 Å². The SMILES string of the molecule is FC(F)(F)c1ccc(C2OC3(CCOC(C4CCOCC4)C3)c3c2cnc2c3CCCC2)nc1. The summed E-state index contributed by atoms with van der Waals surface area (Å²) < 4.78 is 58.1. The normalized spacial score (nSPS) is 29.7. The first-order valence-electron chi connectivity index (χ1n) is 12.4. The van der Waals surface area contributed by atoms with Gasteiger partial charge in [0.1, 0.15) is 6.10 Å². The van der Waals surface area contributed by atoms with Crippen LogP contribution in [0.4, 0.5) is 13.2 Å². The van der Waals surface area contributed by atoms with Gasteiger partial charge in [0.05, 0.1) is 29.6 Å². The van der Waals surface area contributed by atoms with E-state index in [1.165, 1.54) is 17.2 Å². The molecule has 2 aromatic heterocycles. The van der Waals surface area contributed by atoms with Crippen molar-refractivity contribution in [3.05, 3.63) is 58.2 Å². The van der Waals surface area contributed by atoms with Gasteiger partial charge in [-0.15, -0.1) is 0 Å². The first-order chi connectivity index (χ1) is 16.4. The van der Waals surface area contributed by atoms with Gasteiger partial charge in [-0.2, -0.15) is 13.2 Å². The molecule has 34 heavy (non-hydrogen) atoms. The third kappa shape index (κ3) is 3.84. The summed E-state index contributed by atoms with van der Waals surface area (Å²) in [6.07, 6.45) is 5.54. The number of rotatable bonds is 2. The lowest BCUT2D eigenvalue weighted by molar-refractivity contribution is -0.167. The number of alkyl halides is 3. The van der Waals surface area contributed by atoms with Gasteiger partial charge in [-0.25, -0.2) is 0 Å². The zero-order valence-electron chi connectivity index (χ0n) is 19.1. The Morgan fingerprint density at radius 1 is 0.971 bits per heavy atom. The smallest absolute Gasteiger partial charge is 0.381 e. The van der Waals surface area contributed by atoms with E-state index in [-0.39, 0.29) is 6.10 Å². The lowest BCUT2D eigenvalue weighted by Gasteiger charge is -2.43. The number of fused-ring (bicyclic) bond motifs is 4. The van der Waals surface area contributed by atoms with Gasteiger partial charge in [-0.3, -0.25) is 9.97 Å². The molecule has 5 heterocycles. The summed E-state index contributed by atoms with van der Waals surface area (Å²) in [6, 6.07) is 2.54. The monoisotopic (exact) mass is 474 g/mol. The van der Waals surface area contributed by atoms with Gasteiger partial charge in [0.15, 0.2) is 0 Å². The van der Waals surface area contributed by atoms with Crippen LogP contribution in [0.15, 0.2) is 24.5 Å². The van der Waals surface area contributed by atoms with Gasteiger partial charge >= 0.3 is 6.18 Å². The van der Waals surface area contributed by atoms with Crippen LogP contribution < -0.4 is 0 Å². The zero-order valence-corrected chi connectivity index (χ0v) is 19.1. The molecule has 0 radical (unpaired) electrons. The van der Waals surface area contributed by atoms with Crippen LogP contribution >= 0.6 is 0 Å². The predicted molar refractivity (Wildman–Crippen MR) is 117 cm³/mol. The second kappa shape index (κ2) is 8.57. The molecule has 3 unspecified atom stereocenters. The molecule has 0 bridgehead atoms. The molecule has 0 N–H and O–H groups in total. The average molecular weight is 475 g/mol. The summed E-state index contributed by atoms with van der Waals surface area (Å²) in [5.74, 6) is 0.430. The van der Waals surface area contributed by atoms with E-state index < -0.39 is 23.4 Å². The molecule has 0 aromatic carbocycles. The van der Waals surface area contributed by atoms with Crippen molar-refractivity contribution in [2.24, 2.45) is 5.92 Å². The van der Waals surface area contributed by atoms with Crippen molar-refractivity contribution in [1.82, 2.24) is 9.97 Å². The van der Waals surface area contributed by atoms with Crippen LogP contribution in [0.5, 0.6) is 0 Å². The van der Waals surface area contributed by atoms with E-state index in [2.05, 4.69) is 4.98 Å². The zero-order chi connectivity index (χ0) is 23.3. The highest BCUT2D eigenvalue weighted by Gasteiger charge is 2.52. The van der Waals surface area contributed by atoms with Crippen molar-refractivity contribution in [3.63, 3.8) is 0 Å². The molecule has 2 fully saturated rings. The Hall–Kier alpha value is -2.03. The second-order valence-electron chi connectivity index (χ2n) is 10.00. The first kappa shape index (κ1) is 22.4. The van der Waals surface area contributed by atoms with Crippen molar-refractivity contribution in [1.29, 1.82) is 0 Å². The third-order valence-corrected chi connectivity index (χ3v) is 8.01. The summed E-state index contributed by atoms with van der Waals surface area (Å²) >= 11 is 0. The van der Waals surface area contributed by atoms with Gasteiger partial charge < -0.3 is 14.2 Å². The topological polar surface area (TPSA) is 53.5 Å². The van der Waals surface area contributed by atoms with E-state index in [4.69, 9.17) is 19.2 Å². The maximum Gasteiger partial charge on any atom is 0.417 e. The third-order valence-electron chi connectivity index (χ3n) is 8.01. The van der Waals surface area contributed by atoms with Gasteiger partial charge in [0.25, 0.3) is 0 Å². The molecule has 5 nitrogen and oxygen atoms in total. The number of hydrogen-bond acceptors (Lipinski definition) is 5. The van der Waals surface area contributed by atoms with Gasteiger partial charge in [-0.1, -0.05) is 0 Å². The minimum Gasteiger partial charge on any atom is -0.381 e. The highest BCUT2D eigenvalue weighted by atomic mass is 19.4. The van der Waals surface area contributed by atoms with Crippen LogP contribution in [0.2, 0.25) is 0 Å². The van der Waals surface area contributed by atoms with Gasteiger partial charge in [0.2, 0.25) is 0 Å². The number of aryl methyl sites for hydroxylation is 1. The highest BCUT2D eigenvalue weighted by molar-refractivity contribution is 5.49. The van der Waals surface area contributed by atoms with E-state index in [0.29, 0.717) is 18.2 Å². The molecule has 2 saturated heterocycles. The van der Waals surface area contributed by atoms with Crippen LogP contribution in [0.1, 0.15) is 78.3 Å². The molecule has 0 amide bonds. The summed E-state index contributed by atoms with van der Waals surface area (Å²) in [4.78, 5) is 8.98. The number of nitrogens with zero attached hydrogens (tertiary/aromatic N) is 2. The largest absolute Gasteiger partial charge is 0.417 e. The Labute approximate surface area is 197 Å². The molecule has 3 atom stereocenters. The summed E-state index contributed by atoms with van der Waals surface area (Å²) in [7, 11) is 0. The molecule has 3 aliphatic heterocycles. The fraction of sp³-hybridized carbons (Fsp3) is 0.615. The lowest BCUT2D eigenvalue weighted by Crippen LogP contribution is -2.43. The maximum absolute atomic E-state index is 13.1. The second-order valence-corrected chi connectivity index (χ2v) is 10.00. The summed E-state index contributed by atoms with van der Waals surface area (Å²) in [5.41, 5.74) is 3.82. The van der Waals surface area contributed by atoms with Crippen molar-refractivity contribution in [2.75, 3.05) is 19.8 Å². The van der Waals surface area contributed by atoms with Gasteiger partial charge in [-0.05, 0) is 67.7 Å². The predicted octanol–water partition coefficient (Wildman–Crippen LogP) is 5.29. The number of pyridine rings is 2. The molecular formula is C26H29F3N2O3.